The smallest absolute Gasteiger partial charge is 0.431 e. The van der Waals surface area contributed by atoms with Gasteiger partial charge in [-0.3, -0.25) is 9.36 Å². The van der Waals surface area contributed by atoms with Crippen LogP contribution in [0.15, 0.2) is 51.6 Å². The number of aromatic nitrogens is 2. The summed E-state index contributed by atoms with van der Waals surface area (Å²) >= 11 is 0. The monoisotopic (exact) mass is 514 g/mol. The number of nitrogens with zero attached hydrogens (tertiary/aromatic N) is 2. The Morgan fingerprint density at radius 1 is 1.25 bits per heavy atom. The van der Waals surface area contributed by atoms with Gasteiger partial charge in [0.25, 0.3) is 5.56 Å². The van der Waals surface area contributed by atoms with Gasteiger partial charge in [0.1, 0.15) is 11.5 Å². The lowest BCUT2D eigenvalue weighted by molar-refractivity contribution is -0.153. The highest BCUT2D eigenvalue weighted by atomic mass is 19.4. The molecule has 1 aliphatic rings. The number of dihydropyridines is 1. The Morgan fingerprint density at radius 2 is 1.94 bits per heavy atom. The lowest BCUT2D eigenvalue weighted by atomic mass is 10.2. The number of rotatable bonds is 7. The molecule has 2 heterocycles. The van der Waals surface area contributed by atoms with Crippen LogP contribution in [0.1, 0.15) is 19.5 Å². The fraction of sp³-hybridized carbons (Fsp3) is 0.318. The van der Waals surface area contributed by atoms with Crippen LogP contribution in [0.4, 0.5) is 23.2 Å². The Hall–Kier alpha value is -4.23. The topological polar surface area (TPSA) is 127 Å². The highest BCUT2D eigenvalue weighted by Crippen LogP contribution is 2.31. The molecule has 0 bridgehead atoms. The number of allylic oxidation sites excluding steroid dienone is 1. The number of carbonyl (C=O) groups excluding carboxylic acids is 1. The summed E-state index contributed by atoms with van der Waals surface area (Å²) in [5, 5.41) is 2.85. The Labute approximate surface area is 201 Å². The first-order valence-corrected chi connectivity index (χ1v) is 10.5. The number of alkyl halides is 3. The normalized spacial score (nSPS) is 14.3. The highest BCUT2D eigenvalue weighted by molar-refractivity contribution is 5.74. The number of nitrogen functional groups attached to an aromatic ring is 1. The van der Waals surface area contributed by atoms with Crippen LogP contribution in [-0.4, -0.2) is 34.4 Å². The van der Waals surface area contributed by atoms with Gasteiger partial charge in [-0.25, -0.2) is 18.5 Å². The lowest BCUT2D eigenvalue weighted by Gasteiger charge is -2.22. The van der Waals surface area contributed by atoms with Crippen molar-refractivity contribution in [2.24, 2.45) is 7.05 Å². The summed E-state index contributed by atoms with van der Waals surface area (Å²) in [4.78, 5) is 36.9. The third kappa shape index (κ3) is 5.37. The van der Waals surface area contributed by atoms with E-state index in [2.05, 4.69) is 5.32 Å². The molecular weight excluding hydrogens is 492 g/mol. The molecule has 1 aromatic carbocycles. The maximum Gasteiger partial charge on any atom is 0.431 e. The predicted molar refractivity (Wildman–Crippen MR) is 119 cm³/mol. The molecular formula is C22H22F4N4O6. The molecule has 0 amide bonds. The molecule has 2 aromatic rings. The summed E-state index contributed by atoms with van der Waals surface area (Å²) in [6, 6.07) is 1.82. The molecule has 10 nitrogen and oxygen atoms in total. The third-order valence-electron chi connectivity index (χ3n) is 4.94. The quantitative estimate of drug-likeness (QED) is 0.326. The van der Waals surface area contributed by atoms with Gasteiger partial charge in [0.05, 0.1) is 18.0 Å². The summed E-state index contributed by atoms with van der Waals surface area (Å²) in [5.74, 6) is -2.01. The summed E-state index contributed by atoms with van der Waals surface area (Å²) in [6.07, 6.45) is -2.90. The second kappa shape index (κ2) is 10.2. The summed E-state index contributed by atoms with van der Waals surface area (Å²) in [7, 11) is 0.797. The Morgan fingerprint density at radius 3 is 2.58 bits per heavy atom. The van der Waals surface area contributed by atoms with Crippen molar-refractivity contribution in [2.75, 3.05) is 18.9 Å². The molecule has 36 heavy (non-hydrogen) atoms. The second-order valence-electron chi connectivity index (χ2n) is 7.47. The van der Waals surface area contributed by atoms with Crippen LogP contribution in [0.5, 0.6) is 5.75 Å². The van der Waals surface area contributed by atoms with E-state index in [-0.39, 0.29) is 44.9 Å². The van der Waals surface area contributed by atoms with Crippen LogP contribution in [0.3, 0.4) is 0 Å². The Kier molecular flexibility index (Phi) is 7.45. The number of hydrogen-bond acceptors (Lipinski definition) is 8. The van der Waals surface area contributed by atoms with Gasteiger partial charge >= 0.3 is 17.8 Å². The van der Waals surface area contributed by atoms with E-state index in [0.717, 1.165) is 19.2 Å². The van der Waals surface area contributed by atoms with Gasteiger partial charge in [0.15, 0.2) is 17.6 Å². The van der Waals surface area contributed by atoms with Crippen LogP contribution in [0.25, 0.3) is 5.69 Å². The van der Waals surface area contributed by atoms with Crippen molar-refractivity contribution in [3.05, 3.63) is 74.3 Å². The van der Waals surface area contributed by atoms with Crippen molar-refractivity contribution in [3.63, 3.8) is 0 Å². The van der Waals surface area contributed by atoms with Crippen LogP contribution >= 0.6 is 0 Å². The fourth-order valence-corrected chi connectivity index (χ4v) is 3.20. The minimum absolute atomic E-state index is 0.00863. The number of anilines is 1. The van der Waals surface area contributed by atoms with Gasteiger partial charge in [-0.05, 0) is 19.9 Å². The van der Waals surface area contributed by atoms with E-state index < -0.39 is 46.7 Å². The molecule has 1 unspecified atom stereocenters. The average molecular weight is 514 g/mol. The van der Waals surface area contributed by atoms with E-state index in [9.17, 15) is 31.9 Å². The van der Waals surface area contributed by atoms with Gasteiger partial charge in [-0.1, -0.05) is 6.08 Å². The molecule has 3 N–H and O–H groups in total. The van der Waals surface area contributed by atoms with Crippen LogP contribution < -0.4 is 27.0 Å². The van der Waals surface area contributed by atoms with Gasteiger partial charge in [-0.15, -0.1) is 0 Å². The molecule has 0 fully saturated rings. The van der Waals surface area contributed by atoms with Crippen LogP contribution in [-0.2, 0) is 27.5 Å². The first kappa shape index (κ1) is 26.4. The van der Waals surface area contributed by atoms with Crippen LogP contribution in [0.2, 0.25) is 0 Å². The van der Waals surface area contributed by atoms with E-state index in [1.807, 2.05) is 0 Å². The number of hydrogen-bond donors (Lipinski definition) is 2. The molecule has 1 atom stereocenters. The second-order valence-corrected chi connectivity index (χ2v) is 7.47. The molecule has 14 heteroatoms. The van der Waals surface area contributed by atoms with Crippen molar-refractivity contribution in [1.82, 2.24) is 14.5 Å². The number of nitrogens with two attached hydrogens (primary N) is 1. The van der Waals surface area contributed by atoms with Crippen molar-refractivity contribution >= 4 is 11.7 Å². The standard InChI is InChI=1S/C22H22F4N4O6/c1-4-34-20(32)11(2)35-19-15(6-5-7-28-19)36-16-9-14(12(23)8-13(16)27)30-18(31)10-17(22(24,25)26)29(3)21(30)33/h5-6,8-11,28H,4,7,27H2,1-3H3. The molecule has 0 saturated heterocycles. The number of halogens is 4. The molecule has 1 aromatic heterocycles. The Balaban J connectivity index is 2.06. The van der Waals surface area contributed by atoms with Gasteiger partial charge in [0.2, 0.25) is 5.88 Å². The first-order valence-electron chi connectivity index (χ1n) is 10.5. The maximum absolute atomic E-state index is 14.8. The molecule has 3 rings (SSSR count). The average Bonchev–Trinajstić information content (AvgIpc) is 2.79. The number of nitrogens with one attached hydrogen (secondary N) is 1. The first-order chi connectivity index (χ1) is 16.8. The maximum atomic E-state index is 14.8. The summed E-state index contributed by atoms with van der Waals surface area (Å²) in [6.45, 7) is 3.53. The predicted octanol–water partition coefficient (Wildman–Crippen LogP) is 1.95. The zero-order valence-corrected chi connectivity index (χ0v) is 19.3. The van der Waals surface area contributed by atoms with Gasteiger partial charge in [-0.2, -0.15) is 13.2 Å². The van der Waals surface area contributed by atoms with Crippen molar-refractivity contribution in [1.29, 1.82) is 0 Å². The van der Waals surface area contributed by atoms with Crippen molar-refractivity contribution < 1.29 is 36.6 Å². The third-order valence-corrected chi connectivity index (χ3v) is 4.94. The van der Waals surface area contributed by atoms with Gasteiger partial charge in [0, 0.05) is 31.8 Å². The van der Waals surface area contributed by atoms with Crippen molar-refractivity contribution in [3.8, 4) is 11.4 Å². The minimum Gasteiger partial charge on any atom is -0.463 e. The molecule has 0 spiro atoms. The zero-order valence-electron chi connectivity index (χ0n) is 19.3. The van der Waals surface area contributed by atoms with Gasteiger partial charge < -0.3 is 25.3 Å². The fourth-order valence-electron chi connectivity index (χ4n) is 3.20. The highest BCUT2D eigenvalue weighted by Gasteiger charge is 2.35. The number of benzene rings is 1. The van der Waals surface area contributed by atoms with Crippen LogP contribution in [0, 0.1) is 5.82 Å². The molecule has 0 radical (unpaired) electrons. The largest absolute Gasteiger partial charge is 0.463 e. The van der Waals surface area contributed by atoms with Crippen molar-refractivity contribution in [2.45, 2.75) is 26.1 Å². The summed E-state index contributed by atoms with van der Waals surface area (Å²) in [5.41, 5.74) is 0.558. The molecule has 1 aliphatic heterocycles. The molecule has 0 saturated carbocycles. The van der Waals surface area contributed by atoms with E-state index in [0.29, 0.717) is 6.54 Å². The number of ether oxygens (including phenoxy) is 3. The zero-order chi connectivity index (χ0) is 26.8. The van der Waals surface area contributed by atoms with E-state index >= 15 is 0 Å². The van der Waals surface area contributed by atoms with E-state index in [1.165, 1.54) is 13.0 Å². The Bertz CT molecular complexity index is 1360. The van der Waals surface area contributed by atoms with E-state index in [4.69, 9.17) is 19.9 Å². The SMILES string of the molecule is CCOC(=O)C(C)OC1=C(Oc2cc(-n3c(=O)cc(C(F)(F)F)n(C)c3=O)c(F)cc2N)C=CCN1. The molecule has 194 valence electrons. The minimum atomic E-state index is -4.98. The summed E-state index contributed by atoms with van der Waals surface area (Å²) < 4.78 is 70.7. The van der Waals surface area contributed by atoms with E-state index in [1.54, 1.807) is 13.0 Å². The number of esters is 1. The lowest BCUT2D eigenvalue weighted by Crippen LogP contribution is -2.41. The number of carbonyl (C=O) groups is 1. The molecule has 0 aliphatic carbocycles.